The number of aromatic nitrogens is 2. The van der Waals surface area contributed by atoms with E-state index >= 15 is 0 Å². The van der Waals surface area contributed by atoms with Gasteiger partial charge in [0, 0.05) is 5.92 Å². The molecular weight excluding hydrogens is 234 g/mol. The van der Waals surface area contributed by atoms with Crippen LogP contribution >= 0.6 is 11.3 Å². The summed E-state index contributed by atoms with van der Waals surface area (Å²) in [7, 11) is 0. The Morgan fingerprint density at radius 2 is 2.24 bits per heavy atom. The number of hydrogen-bond donors (Lipinski definition) is 1. The summed E-state index contributed by atoms with van der Waals surface area (Å²) in [6.45, 7) is 6.40. The number of nitrogens with one attached hydrogen (secondary N) is 1. The molecule has 0 aromatic carbocycles. The van der Waals surface area contributed by atoms with Crippen LogP contribution in [-0.4, -0.2) is 16.1 Å². The van der Waals surface area contributed by atoms with Gasteiger partial charge in [0.2, 0.25) is 11.0 Å². The van der Waals surface area contributed by atoms with E-state index in [1.807, 2.05) is 0 Å². The second kappa shape index (κ2) is 4.72. The maximum Gasteiger partial charge on any atom is 0.230 e. The number of hydrogen-bond acceptors (Lipinski definition) is 4. The standard InChI is InChI=1S/C12H19N3OS/c1-12(2,3)9(8-5-4-6-8)10(16)14-11-15-13-7-17-11/h7-9H,4-6H2,1-3H3,(H,14,15,16). The van der Waals surface area contributed by atoms with Crippen LogP contribution in [0.3, 0.4) is 0 Å². The molecule has 1 atom stereocenters. The number of carbonyl (C=O) groups excluding carboxylic acids is 1. The van der Waals surface area contributed by atoms with Gasteiger partial charge >= 0.3 is 0 Å². The topological polar surface area (TPSA) is 54.9 Å². The molecule has 4 nitrogen and oxygen atoms in total. The predicted octanol–water partition coefficient (Wildman–Crippen LogP) is 2.94. The molecule has 0 spiro atoms. The highest BCUT2D eigenvalue weighted by Gasteiger charge is 2.40. The van der Waals surface area contributed by atoms with Crippen LogP contribution in [-0.2, 0) is 4.79 Å². The summed E-state index contributed by atoms with van der Waals surface area (Å²) in [5, 5.41) is 11.1. The van der Waals surface area contributed by atoms with Gasteiger partial charge in [-0.05, 0) is 24.2 Å². The zero-order valence-electron chi connectivity index (χ0n) is 10.6. The fraction of sp³-hybridized carbons (Fsp3) is 0.750. The van der Waals surface area contributed by atoms with Crippen molar-refractivity contribution in [1.82, 2.24) is 10.2 Å². The summed E-state index contributed by atoms with van der Waals surface area (Å²) in [4.78, 5) is 12.3. The van der Waals surface area contributed by atoms with E-state index in [2.05, 4.69) is 36.3 Å². The summed E-state index contributed by atoms with van der Waals surface area (Å²) in [6, 6.07) is 0. The first-order valence-corrected chi connectivity index (χ1v) is 6.93. The van der Waals surface area contributed by atoms with Gasteiger partial charge in [-0.3, -0.25) is 4.79 Å². The molecular formula is C12H19N3OS. The summed E-state index contributed by atoms with van der Waals surface area (Å²) in [6.07, 6.45) is 3.60. The Bertz CT molecular complexity index is 379. The lowest BCUT2D eigenvalue weighted by molar-refractivity contribution is -0.126. The number of carbonyl (C=O) groups is 1. The first kappa shape index (κ1) is 12.5. The molecule has 1 aromatic rings. The molecule has 1 aliphatic rings. The lowest BCUT2D eigenvalue weighted by atomic mass is 9.65. The number of amides is 1. The van der Waals surface area contributed by atoms with Crippen molar-refractivity contribution in [2.45, 2.75) is 40.0 Å². The van der Waals surface area contributed by atoms with E-state index in [9.17, 15) is 4.79 Å². The van der Waals surface area contributed by atoms with Crippen molar-refractivity contribution < 1.29 is 4.79 Å². The van der Waals surface area contributed by atoms with Gasteiger partial charge in [0.05, 0.1) is 0 Å². The smallest absolute Gasteiger partial charge is 0.230 e. The Labute approximate surface area is 106 Å². The number of nitrogens with zero attached hydrogens (tertiary/aromatic N) is 2. The molecule has 94 valence electrons. The molecule has 1 fully saturated rings. The van der Waals surface area contributed by atoms with E-state index in [-0.39, 0.29) is 17.2 Å². The molecule has 1 aliphatic carbocycles. The molecule has 0 saturated heterocycles. The fourth-order valence-corrected chi connectivity index (χ4v) is 2.95. The van der Waals surface area contributed by atoms with Gasteiger partial charge in [0.15, 0.2) is 0 Å². The summed E-state index contributed by atoms with van der Waals surface area (Å²) >= 11 is 1.36. The van der Waals surface area contributed by atoms with Crippen molar-refractivity contribution in [2.24, 2.45) is 17.3 Å². The number of rotatable bonds is 3. The van der Waals surface area contributed by atoms with Crippen molar-refractivity contribution >= 4 is 22.4 Å². The van der Waals surface area contributed by atoms with Crippen molar-refractivity contribution in [3.05, 3.63) is 5.51 Å². The van der Waals surface area contributed by atoms with Gasteiger partial charge < -0.3 is 5.32 Å². The largest absolute Gasteiger partial charge is 0.300 e. The fourth-order valence-electron chi connectivity index (χ4n) is 2.50. The van der Waals surface area contributed by atoms with Crippen molar-refractivity contribution in [1.29, 1.82) is 0 Å². The zero-order valence-corrected chi connectivity index (χ0v) is 11.4. The maximum absolute atomic E-state index is 12.3. The third-order valence-electron chi connectivity index (χ3n) is 3.43. The third-order valence-corrected chi connectivity index (χ3v) is 4.03. The normalized spacial score (nSPS) is 18.5. The molecule has 1 saturated carbocycles. The van der Waals surface area contributed by atoms with Crippen LogP contribution in [0.1, 0.15) is 40.0 Å². The maximum atomic E-state index is 12.3. The van der Waals surface area contributed by atoms with Crippen LogP contribution in [0.25, 0.3) is 0 Å². The van der Waals surface area contributed by atoms with Crippen LogP contribution in [0.4, 0.5) is 5.13 Å². The van der Waals surface area contributed by atoms with E-state index in [1.54, 1.807) is 5.51 Å². The molecule has 0 bridgehead atoms. The van der Waals surface area contributed by atoms with Crippen molar-refractivity contribution in [2.75, 3.05) is 5.32 Å². The van der Waals surface area contributed by atoms with E-state index in [0.29, 0.717) is 11.0 Å². The highest BCUT2D eigenvalue weighted by Crippen LogP contribution is 2.43. The minimum atomic E-state index is -0.000141. The summed E-state index contributed by atoms with van der Waals surface area (Å²) in [5.41, 5.74) is 1.63. The average molecular weight is 253 g/mol. The highest BCUT2D eigenvalue weighted by molar-refractivity contribution is 7.13. The monoisotopic (exact) mass is 253 g/mol. The van der Waals surface area contributed by atoms with Crippen LogP contribution in [0.5, 0.6) is 0 Å². The van der Waals surface area contributed by atoms with E-state index in [1.165, 1.54) is 30.6 Å². The minimum Gasteiger partial charge on any atom is -0.300 e. The summed E-state index contributed by atoms with van der Waals surface area (Å²) in [5.74, 6) is 0.696. The number of anilines is 1. The second-order valence-corrected chi connectivity index (χ2v) is 6.60. The van der Waals surface area contributed by atoms with Gasteiger partial charge in [-0.1, -0.05) is 38.5 Å². The van der Waals surface area contributed by atoms with Crippen molar-refractivity contribution in [3.8, 4) is 0 Å². The highest BCUT2D eigenvalue weighted by atomic mass is 32.1. The van der Waals surface area contributed by atoms with Crippen LogP contribution in [0, 0.1) is 17.3 Å². The average Bonchev–Trinajstić information content (AvgIpc) is 2.61. The molecule has 0 aliphatic heterocycles. The Morgan fingerprint density at radius 1 is 1.53 bits per heavy atom. The Balaban J connectivity index is 2.07. The minimum absolute atomic E-state index is 0.000141. The first-order chi connectivity index (χ1) is 7.98. The molecule has 1 unspecified atom stereocenters. The molecule has 1 N–H and O–H groups in total. The molecule has 0 radical (unpaired) electrons. The molecule has 2 rings (SSSR count). The summed E-state index contributed by atoms with van der Waals surface area (Å²) < 4.78 is 0. The van der Waals surface area contributed by atoms with E-state index in [0.717, 1.165) is 0 Å². The Morgan fingerprint density at radius 3 is 2.65 bits per heavy atom. The van der Waals surface area contributed by atoms with Crippen LogP contribution in [0.15, 0.2) is 5.51 Å². The van der Waals surface area contributed by atoms with Gasteiger partial charge in [-0.2, -0.15) is 0 Å². The van der Waals surface area contributed by atoms with Gasteiger partial charge in [0.25, 0.3) is 0 Å². The third kappa shape index (κ3) is 2.83. The van der Waals surface area contributed by atoms with Gasteiger partial charge in [-0.25, -0.2) is 0 Å². The van der Waals surface area contributed by atoms with Crippen LogP contribution < -0.4 is 5.32 Å². The first-order valence-electron chi connectivity index (χ1n) is 6.05. The Hall–Kier alpha value is -0.970. The SMILES string of the molecule is CC(C)(C)C(C(=O)Nc1nncs1)C1CCC1. The molecule has 1 heterocycles. The second-order valence-electron chi connectivity index (χ2n) is 5.77. The van der Waals surface area contributed by atoms with E-state index < -0.39 is 0 Å². The Kier molecular flexibility index (Phi) is 3.47. The zero-order chi connectivity index (χ0) is 12.5. The molecule has 5 heteroatoms. The molecule has 1 aromatic heterocycles. The van der Waals surface area contributed by atoms with Gasteiger partial charge in [-0.15, -0.1) is 10.2 Å². The quantitative estimate of drug-likeness (QED) is 0.901. The van der Waals surface area contributed by atoms with Crippen molar-refractivity contribution in [3.63, 3.8) is 0 Å². The van der Waals surface area contributed by atoms with Crippen LogP contribution in [0.2, 0.25) is 0 Å². The predicted molar refractivity (Wildman–Crippen MR) is 68.8 cm³/mol. The lowest BCUT2D eigenvalue weighted by Crippen LogP contribution is -2.41. The molecule has 1 amide bonds. The molecule has 17 heavy (non-hydrogen) atoms. The lowest BCUT2D eigenvalue weighted by Gasteiger charge is -2.40. The van der Waals surface area contributed by atoms with E-state index in [4.69, 9.17) is 0 Å². The van der Waals surface area contributed by atoms with Gasteiger partial charge in [0.1, 0.15) is 5.51 Å².